The van der Waals surface area contributed by atoms with Gasteiger partial charge < -0.3 is 39.0 Å². The summed E-state index contributed by atoms with van der Waals surface area (Å²) in [5, 5.41) is 37.9. The van der Waals surface area contributed by atoms with Crippen LogP contribution in [0.5, 0.6) is 40.2 Å². The van der Waals surface area contributed by atoms with Crippen molar-refractivity contribution in [1.82, 2.24) is 15.1 Å². The maximum atomic E-state index is 14.5. The molecule has 0 saturated carbocycles. The number of carbonyl (C=O) groups is 1. The van der Waals surface area contributed by atoms with Gasteiger partial charge in [0.05, 0.1) is 31.6 Å². The summed E-state index contributed by atoms with van der Waals surface area (Å²) in [4.78, 5) is 19.3. The van der Waals surface area contributed by atoms with E-state index in [0.717, 1.165) is 39.8 Å². The summed E-state index contributed by atoms with van der Waals surface area (Å²) < 4.78 is 29.7. The third-order valence-corrected chi connectivity index (χ3v) is 13.4. The lowest BCUT2D eigenvalue weighted by Crippen LogP contribution is -2.65. The van der Waals surface area contributed by atoms with Gasteiger partial charge in [-0.2, -0.15) is 0 Å². The minimum Gasteiger partial charge on any atom is -0.507 e. The van der Waals surface area contributed by atoms with Gasteiger partial charge in [-0.05, 0) is 68.1 Å². The number of methoxy groups -OCH3 is 2. The van der Waals surface area contributed by atoms with Crippen molar-refractivity contribution in [2.45, 2.75) is 61.6 Å². The maximum Gasteiger partial charge on any atom is 0.331 e. The molecule has 0 radical (unpaired) electrons. The number of fused-ring (bicyclic) bond motifs is 9. The lowest BCUT2D eigenvalue weighted by Gasteiger charge is -2.60. The number of likely N-dealkylation sites (N-methyl/N-ethyl adjacent to an activating group) is 1. The van der Waals surface area contributed by atoms with Crippen molar-refractivity contribution < 1.29 is 43.8 Å². The first kappa shape index (κ1) is 31.9. The molecule has 7 aliphatic heterocycles. The van der Waals surface area contributed by atoms with Crippen LogP contribution in [0.3, 0.4) is 0 Å². The second-order valence-corrected chi connectivity index (χ2v) is 15.4. The van der Waals surface area contributed by atoms with Crippen LogP contribution in [0.4, 0.5) is 0 Å². The van der Waals surface area contributed by atoms with Crippen molar-refractivity contribution in [2.24, 2.45) is 0 Å². The molecular formula is C37H41N3O9S. The van der Waals surface area contributed by atoms with Gasteiger partial charge >= 0.3 is 5.97 Å². The zero-order valence-corrected chi connectivity index (χ0v) is 29.5. The number of phenolic OH excluding ortho intramolecular Hbond substituents is 3. The monoisotopic (exact) mass is 703 g/mol. The smallest absolute Gasteiger partial charge is 0.331 e. The quantitative estimate of drug-likeness (QED) is 0.287. The molecule has 0 aliphatic carbocycles. The molecule has 3 aromatic carbocycles. The van der Waals surface area contributed by atoms with E-state index < -0.39 is 17.6 Å². The molecule has 2 fully saturated rings. The zero-order chi connectivity index (χ0) is 34.8. The van der Waals surface area contributed by atoms with E-state index in [0.29, 0.717) is 47.9 Å². The Morgan fingerprint density at radius 1 is 0.980 bits per heavy atom. The van der Waals surface area contributed by atoms with Crippen molar-refractivity contribution in [3.63, 3.8) is 0 Å². The fourth-order valence-corrected chi connectivity index (χ4v) is 11.4. The minimum atomic E-state index is -1.25. The number of ether oxygens (including phenoxy) is 5. The fraction of sp³-hybridized carbons (Fsp3) is 0.486. The first-order valence-electron chi connectivity index (χ1n) is 17.1. The number of nitrogens with one attached hydrogen (secondary N) is 1. The van der Waals surface area contributed by atoms with Crippen LogP contribution in [0.15, 0.2) is 18.2 Å². The molecule has 0 aromatic heterocycles. The summed E-state index contributed by atoms with van der Waals surface area (Å²) in [5.41, 5.74) is 5.24. The van der Waals surface area contributed by atoms with Gasteiger partial charge in [-0.1, -0.05) is 6.07 Å². The Hall–Kier alpha value is -4.04. The number of thioether (sulfide) groups is 1. The zero-order valence-electron chi connectivity index (χ0n) is 28.7. The standard InChI is InChI=1S/C37H41N3O9S/c1-16-8-19-9-20-12-40-22-13-47-36(44)37(21-11-24(45-4)23(41)10-18(21)6-7-38-37)14-50-35(27-26(22)34-33(48-15-49-34)17(2)30(27)42)29(40)28(39(20)3)25(19)31(43)32(16)46-5/h8,10-11,20,22,28-29,35,38,41-43H,6-7,9,12-15H2,1-5H3/t20?,22-,28?,29?,35+,37+/m0/s1. The largest absolute Gasteiger partial charge is 0.507 e. The first-order valence-corrected chi connectivity index (χ1v) is 18.1. The highest BCUT2D eigenvalue weighted by Gasteiger charge is 2.58. The highest BCUT2D eigenvalue weighted by molar-refractivity contribution is 7.99. The number of nitrogens with zero attached hydrogens (tertiary/aromatic N) is 2. The Labute approximate surface area is 294 Å². The topological polar surface area (TPSA) is 142 Å². The van der Waals surface area contributed by atoms with Crippen LogP contribution in [0.1, 0.15) is 61.8 Å². The predicted octanol–water partition coefficient (Wildman–Crippen LogP) is 3.88. The molecule has 12 nitrogen and oxygen atoms in total. The molecule has 3 unspecified atom stereocenters. The minimum absolute atomic E-state index is 0.00517. The van der Waals surface area contributed by atoms with E-state index in [1.807, 2.05) is 13.8 Å². The summed E-state index contributed by atoms with van der Waals surface area (Å²) in [6, 6.07) is 4.67. The normalized spacial score (nSPS) is 29.5. The van der Waals surface area contributed by atoms with Crippen molar-refractivity contribution >= 4 is 17.7 Å². The molecule has 264 valence electrons. The van der Waals surface area contributed by atoms with Gasteiger partial charge in [0.2, 0.25) is 6.79 Å². The van der Waals surface area contributed by atoms with E-state index >= 15 is 0 Å². The Morgan fingerprint density at radius 3 is 2.56 bits per heavy atom. The lowest BCUT2D eigenvalue weighted by molar-refractivity contribution is -0.156. The second-order valence-electron chi connectivity index (χ2n) is 14.3. The molecule has 7 aliphatic rings. The molecule has 3 aromatic rings. The number of hydrogen-bond acceptors (Lipinski definition) is 13. The van der Waals surface area contributed by atoms with Gasteiger partial charge in [0.25, 0.3) is 0 Å². The summed E-state index contributed by atoms with van der Waals surface area (Å²) >= 11 is 1.58. The summed E-state index contributed by atoms with van der Waals surface area (Å²) in [7, 11) is 5.18. The molecule has 1 spiro atoms. The number of phenols is 3. The van der Waals surface area contributed by atoms with E-state index in [1.54, 1.807) is 31.0 Å². The summed E-state index contributed by atoms with van der Waals surface area (Å²) in [6.45, 7) is 5.02. The van der Waals surface area contributed by atoms with Gasteiger partial charge in [-0.25, -0.2) is 4.79 Å². The number of hydrogen-bond donors (Lipinski definition) is 4. The number of esters is 1. The van der Waals surface area contributed by atoms with Gasteiger partial charge in [0.15, 0.2) is 40.0 Å². The number of benzene rings is 3. The van der Waals surface area contributed by atoms with E-state index in [9.17, 15) is 20.1 Å². The first-order chi connectivity index (χ1) is 24.1. The summed E-state index contributed by atoms with van der Waals surface area (Å²) in [6.07, 6.45) is 1.35. The molecule has 4 N–H and O–H groups in total. The maximum absolute atomic E-state index is 14.5. The average Bonchev–Trinajstić information content (AvgIpc) is 3.58. The van der Waals surface area contributed by atoms with Crippen LogP contribution in [-0.4, -0.2) is 96.7 Å². The molecule has 10 rings (SSSR count). The number of carbonyl (C=O) groups excluding carboxylic acids is 1. The van der Waals surface area contributed by atoms with E-state index in [-0.39, 0.29) is 65.5 Å². The number of aryl methyl sites for hydroxylation is 1. The second kappa shape index (κ2) is 11.2. The van der Waals surface area contributed by atoms with Gasteiger partial charge in [-0.3, -0.25) is 15.1 Å². The van der Waals surface area contributed by atoms with Crippen LogP contribution in [-0.2, 0) is 27.9 Å². The molecular weight excluding hydrogens is 662 g/mol. The molecule has 6 atom stereocenters. The molecule has 13 heteroatoms. The van der Waals surface area contributed by atoms with Gasteiger partial charge in [0.1, 0.15) is 12.4 Å². The average molecular weight is 704 g/mol. The fourth-order valence-electron chi connectivity index (χ4n) is 9.66. The van der Waals surface area contributed by atoms with Crippen LogP contribution in [0.25, 0.3) is 0 Å². The van der Waals surface area contributed by atoms with Crippen LogP contribution < -0.4 is 24.3 Å². The van der Waals surface area contributed by atoms with Gasteiger partial charge in [-0.15, -0.1) is 11.8 Å². The lowest BCUT2D eigenvalue weighted by atomic mass is 9.73. The highest BCUT2D eigenvalue weighted by Crippen LogP contribution is 2.63. The Kier molecular flexibility index (Phi) is 7.17. The van der Waals surface area contributed by atoms with Gasteiger partial charge in [0, 0.05) is 53.2 Å². The molecule has 2 saturated heterocycles. The number of piperazine rings is 1. The Balaban J connectivity index is 1.28. The highest BCUT2D eigenvalue weighted by atomic mass is 32.2. The third kappa shape index (κ3) is 4.14. The Bertz CT molecular complexity index is 1970. The van der Waals surface area contributed by atoms with E-state index in [2.05, 4.69) is 28.2 Å². The molecule has 0 amide bonds. The SMILES string of the molecule is COc1cc2c(cc1O)CCN[C@]21CS[C@@H]2c3c(O)c(C)c4c(c3[C@H](COC1=O)N1CC3Cc5cc(C)c(OC)c(O)c5C(C21)N3C)OCO4. The number of rotatable bonds is 2. The van der Waals surface area contributed by atoms with Crippen LogP contribution in [0, 0.1) is 13.8 Å². The predicted molar refractivity (Wildman–Crippen MR) is 184 cm³/mol. The third-order valence-electron chi connectivity index (χ3n) is 12.0. The van der Waals surface area contributed by atoms with E-state index in [1.165, 1.54) is 7.11 Å². The van der Waals surface area contributed by atoms with Crippen molar-refractivity contribution in [1.29, 1.82) is 0 Å². The van der Waals surface area contributed by atoms with Crippen LogP contribution >= 0.6 is 11.8 Å². The van der Waals surface area contributed by atoms with Crippen LogP contribution in [0.2, 0.25) is 0 Å². The van der Waals surface area contributed by atoms with Crippen molar-refractivity contribution in [2.75, 3.05) is 53.5 Å². The summed E-state index contributed by atoms with van der Waals surface area (Å²) in [5.74, 6) is 1.98. The van der Waals surface area contributed by atoms with Crippen molar-refractivity contribution in [3.8, 4) is 40.2 Å². The van der Waals surface area contributed by atoms with E-state index in [4.69, 9.17) is 23.7 Å². The van der Waals surface area contributed by atoms with Crippen molar-refractivity contribution in [3.05, 3.63) is 62.7 Å². The molecule has 50 heavy (non-hydrogen) atoms. The number of aromatic hydroxyl groups is 3. The molecule has 4 bridgehead atoms. The Morgan fingerprint density at radius 2 is 1.78 bits per heavy atom. The molecule has 7 heterocycles.